The van der Waals surface area contributed by atoms with Crippen molar-refractivity contribution in [3.8, 4) is 0 Å². The van der Waals surface area contributed by atoms with E-state index in [1.54, 1.807) is 0 Å². The van der Waals surface area contributed by atoms with Gasteiger partial charge in [0.2, 0.25) is 5.91 Å². The fraction of sp³-hybridized carbons (Fsp3) is 0.250. The van der Waals surface area contributed by atoms with Crippen LogP contribution >= 0.6 is 0 Å². The highest BCUT2D eigenvalue weighted by Gasteiger charge is 2.39. The van der Waals surface area contributed by atoms with Gasteiger partial charge in [0.25, 0.3) is 5.91 Å². The summed E-state index contributed by atoms with van der Waals surface area (Å²) in [5.74, 6) is -0.488. The summed E-state index contributed by atoms with van der Waals surface area (Å²) in [6.07, 6.45) is 4.61. The summed E-state index contributed by atoms with van der Waals surface area (Å²) < 4.78 is 0. The molecule has 0 bridgehead atoms. The van der Waals surface area contributed by atoms with E-state index in [1.165, 1.54) is 28.4 Å². The van der Waals surface area contributed by atoms with Crippen LogP contribution in [0.3, 0.4) is 0 Å². The number of hydrogen-bond acceptors (Lipinski definition) is 4. The fourth-order valence-corrected chi connectivity index (χ4v) is 3.22. The molecule has 0 spiro atoms. The number of fused-ring (bicyclic) bond motifs is 2. The van der Waals surface area contributed by atoms with Gasteiger partial charge in [0.05, 0.1) is 12.1 Å². The predicted molar refractivity (Wildman–Crippen MR) is 74.6 cm³/mol. The molecule has 1 aromatic carbocycles. The highest BCUT2D eigenvalue weighted by Crippen LogP contribution is 2.28. The highest BCUT2D eigenvalue weighted by atomic mass is 16.2. The number of rotatable bonds is 1. The molecule has 1 aromatic heterocycles. The largest absolute Gasteiger partial charge is 0.281 e. The minimum Gasteiger partial charge on any atom is -0.274 e. The van der Waals surface area contributed by atoms with E-state index < -0.39 is 0 Å². The van der Waals surface area contributed by atoms with Crippen molar-refractivity contribution in [2.24, 2.45) is 0 Å². The summed E-state index contributed by atoms with van der Waals surface area (Å²) >= 11 is 0. The van der Waals surface area contributed by atoms with Crippen molar-refractivity contribution in [3.05, 3.63) is 59.2 Å². The van der Waals surface area contributed by atoms with Gasteiger partial charge < -0.3 is 0 Å². The first kappa shape index (κ1) is 12.2. The zero-order valence-corrected chi connectivity index (χ0v) is 11.3. The van der Waals surface area contributed by atoms with Crippen molar-refractivity contribution in [2.75, 3.05) is 0 Å². The summed E-state index contributed by atoms with van der Waals surface area (Å²) in [5, 5.41) is 0. The first-order valence-electron chi connectivity index (χ1n) is 6.97. The van der Waals surface area contributed by atoms with Gasteiger partial charge in [0.15, 0.2) is 5.69 Å². The van der Waals surface area contributed by atoms with Gasteiger partial charge in [-0.1, -0.05) is 24.3 Å². The van der Waals surface area contributed by atoms with Crippen molar-refractivity contribution in [1.82, 2.24) is 14.9 Å². The van der Waals surface area contributed by atoms with Crippen LogP contribution in [0, 0.1) is 0 Å². The molecule has 0 atom stereocenters. The predicted octanol–water partition coefficient (Wildman–Crippen LogP) is 1.17. The van der Waals surface area contributed by atoms with Gasteiger partial charge in [-0.25, -0.2) is 4.98 Å². The van der Waals surface area contributed by atoms with Crippen LogP contribution in [-0.4, -0.2) is 32.7 Å². The lowest BCUT2D eigenvalue weighted by atomic mass is 10.0. The third kappa shape index (κ3) is 1.85. The molecular formula is C16H13N3O2. The summed E-state index contributed by atoms with van der Waals surface area (Å²) in [4.78, 5) is 34.5. The molecule has 2 aromatic rings. The maximum atomic E-state index is 12.6. The minimum atomic E-state index is -0.313. The molecule has 104 valence electrons. The van der Waals surface area contributed by atoms with Gasteiger partial charge in [0, 0.05) is 18.4 Å². The van der Waals surface area contributed by atoms with Crippen LogP contribution in [0.15, 0.2) is 36.7 Å². The van der Waals surface area contributed by atoms with E-state index >= 15 is 0 Å². The van der Waals surface area contributed by atoms with E-state index in [4.69, 9.17) is 0 Å². The molecule has 0 radical (unpaired) electrons. The van der Waals surface area contributed by atoms with Gasteiger partial charge >= 0.3 is 0 Å². The Labute approximate surface area is 121 Å². The topological polar surface area (TPSA) is 63.2 Å². The molecule has 0 unspecified atom stereocenters. The summed E-state index contributed by atoms with van der Waals surface area (Å²) in [5.41, 5.74) is 3.23. The first-order chi connectivity index (χ1) is 10.2. The Morgan fingerprint density at radius 2 is 1.67 bits per heavy atom. The van der Waals surface area contributed by atoms with E-state index in [0.29, 0.717) is 11.4 Å². The number of carbonyl (C=O) groups is 2. The summed E-state index contributed by atoms with van der Waals surface area (Å²) in [6.45, 7) is 0. The molecule has 2 heterocycles. The minimum absolute atomic E-state index is 0.0995. The molecular weight excluding hydrogens is 266 g/mol. The Balaban J connectivity index is 1.68. The van der Waals surface area contributed by atoms with E-state index in [-0.39, 0.29) is 24.3 Å². The quantitative estimate of drug-likeness (QED) is 0.735. The van der Waals surface area contributed by atoms with Crippen molar-refractivity contribution in [1.29, 1.82) is 0 Å². The molecule has 2 amide bonds. The lowest BCUT2D eigenvalue weighted by Gasteiger charge is -2.30. The molecule has 21 heavy (non-hydrogen) atoms. The number of aromatic nitrogens is 2. The standard InChI is InChI=1S/C16H13N3O2/c20-14-9-13-15(18-6-5-17-13)16(21)19(14)12-7-10-3-1-2-4-11(10)8-12/h1-6,12H,7-9H2. The van der Waals surface area contributed by atoms with Crippen molar-refractivity contribution in [3.63, 3.8) is 0 Å². The van der Waals surface area contributed by atoms with Crippen molar-refractivity contribution in [2.45, 2.75) is 25.3 Å². The Morgan fingerprint density at radius 3 is 2.38 bits per heavy atom. The zero-order chi connectivity index (χ0) is 14.4. The number of carbonyl (C=O) groups excluding carboxylic acids is 2. The number of amides is 2. The summed E-state index contributed by atoms with van der Waals surface area (Å²) in [7, 11) is 0. The lowest BCUT2D eigenvalue weighted by molar-refractivity contribution is -0.130. The Morgan fingerprint density at radius 1 is 1.00 bits per heavy atom. The SMILES string of the molecule is O=C1Cc2nccnc2C(=O)N1C1Cc2ccccc2C1. The molecule has 4 rings (SSSR count). The molecule has 5 nitrogen and oxygen atoms in total. The van der Waals surface area contributed by atoms with Crippen LogP contribution in [-0.2, 0) is 24.1 Å². The van der Waals surface area contributed by atoms with Crippen LogP contribution in [0.5, 0.6) is 0 Å². The maximum Gasteiger partial charge on any atom is 0.281 e. The van der Waals surface area contributed by atoms with Gasteiger partial charge in [-0.15, -0.1) is 0 Å². The second-order valence-electron chi connectivity index (χ2n) is 5.43. The number of imide groups is 1. The van der Waals surface area contributed by atoms with E-state index in [2.05, 4.69) is 22.1 Å². The van der Waals surface area contributed by atoms with Gasteiger partial charge in [-0.3, -0.25) is 19.5 Å². The van der Waals surface area contributed by atoms with Crippen LogP contribution in [0.2, 0.25) is 0 Å². The number of hydrogen-bond donors (Lipinski definition) is 0. The van der Waals surface area contributed by atoms with Crippen LogP contribution < -0.4 is 0 Å². The zero-order valence-electron chi connectivity index (χ0n) is 11.3. The van der Waals surface area contributed by atoms with Crippen LogP contribution in [0.25, 0.3) is 0 Å². The Kier molecular flexibility index (Phi) is 2.60. The maximum absolute atomic E-state index is 12.6. The van der Waals surface area contributed by atoms with Gasteiger partial charge in [-0.2, -0.15) is 0 Å². The number of benzene rings is 1. The fourth-order valence-electron chi connectivity index (χ4n) is 3.22. The first-order valence-corrected chi connectivity index (χ1v) is 6.97. The monoisotopic (exact) mass is 279 g/mol. The highest BCUT2D eigenvalue weighted by molar-refractivity contribution is 6.08. The molecule has 0 saturated heterocycles. The van der Waals surface area contributed by atoms with Crippen LogP contribution in [0.4, 0.5) is 0 Å². The third-order valence-electron chi connectivity index (χ3n) is 4.18. The molecule has 0 N–H and O–H groups in total. The molecule has 5 heteroatoms. The van der Waals surface area contributed by atoms with Gasteiger partial charge in [0.1, 0.15) is 0 Å². The number of nitrogens with zero attached hydrogens (tertiary/aromatic N) is 3. The van der Waals surface area contributed by atoms with E-state index in [0.717, 1.165) is 12.8 Å². The van der Waals surface area contributed by atoms with Gasteiger partial charge in [-0.05, 0) is 24.0 Å². The Bertz CT molecular complexity index is 732. The van der Waals surface area contributed by atoms with E-state index in [1.807, 2.05) is 12.1 Å². The normalized spacial score (nSPS) is 17.8. The molecule has 0 saturated carbocycles. The average Bonchev–Trinajstić information content (AvgIpc) is 2.90. The molecule has 0 fully saturated rings. The second-order valence-corrected chi connectivity index (χ2v) is 5.43. The van der Waals surface area contributed by atoms with Crippen molar-refractivity contribution < 1.29 is 9.59 Å². The molecule has 2 aliphatic rings. The molecule has 1 aliphatic heterocycles. The Hall–Kier alpha value is -2.56. The lowest BCUT2D eigenvalue weighted by Crippen LogP contribution is -2.49. The third-order valence-corrected chi connectivity index (χ3v) is 4.18. The van der Waals surface area contributed by atoms with Crippen LogP contribution in [0.1, 0.15) is 27.3 Å². The summed E-state index contributed by atoms with van der Waals surface area (Å²) in [6, 6.07) is 7.99. The van der Waals surface area contributed by atoms with E-state index in [9.17, 15) is 9.59 Å². The van der Waals surface area contributed by atoms with Crippen molar-refractivity contribution >= 4 is 11.8 Å². The second kappa shape index (κ2) is 4.48. The molecule has 1 aliphatic carbocycles. The average molecular weight is 279 g/mol. The smallest absolute Gasteiger partial charge is 0.274 e.